The summed E-state index contributed by atoms with van der Waals surface area (Å²) >= 11 is 1.90. The summed E-state index contributed by atoms with van der Waals surface area (Å²) in [6.07, 6.45) is 6.38. The van der Waals surface area contributed by atoms with Crippen molar-refractivity contribution in [2.45, 2.75) is 39.0 Å². The third-order valence-electron chi connectivity index (χ3n) is 4.06. The van der Waals surface area contributed by atoms with Gasteiger partial charge >= 0.3 is 0 Å². The van der Waals surface area contributed by atoms with E-state index in [1.807, 2.05) is 18.3 Å². The molecular weight excluding hydrogens is 242 g/mol. The van der Waals surface area contributed by atoms with Crippen LogP contribution in [0.5, 0.6) is 0 Å². The average molecular weight is 259 g/mol. The molecule has 0 spiro atoms. The lowest BCUT2D eigenvalue weighted by atomic mass is 10.2. The van der Waals surface area contributed by atoms with Gasteiger partial charge in [-0.05, 0) is 44.6 Å². The van der Waals surface area contributed by atoms with Gasteiger partial charge in [-0.1, -0.05) is 0 Å². The molecule has 1 aliphatic carbocycles. The van der Waals surface area contributed by atoms with E-state index >= 15 is 0 Å². The largest absolute Gasteiger partial charge is 0.356 e. The molecule has 0 N–H and O–H groups in total. The second-order valence-corrected chi connectivity index (χ2v) is 6.41. The Morgan fingerprint density at radius 1 is 1.06 bits per heavy atom. The van der Waals surface area contributed by atoms with E-state index in [9.17, 15) is 0 Å². The number of fused-ring (bicyclic) bond motifs is 3. The summed E-state index contributed by atoms with van der Waals surface area (Å²) in [7, 11) is 0. The van der Waals surface area contributed by atoms with Crippen molar-refractivity contribution in [2.24, 2.45) is 0 Å². The lowest BCUT2D eigenvalue weighted by Gasteiger charge is -2.18. The van der Waals surface area contributed by atoms with Crippen molar-refractivity contribution < 1.29 is 0 Å². The second kappa shape index (κ2) is 3.92. The molecule has 0 saturated carbocycles. The molecule has 0 atom stereocenters. The normalized spacial score (nSPS) is 18.8. The molecule has 3 heterocycles. The van der Waals surface area contributed by atoms with Crippen LogP contribution in [0.4, 0.5) is 5.82 Å². The molecule has 1 saturated heterocycles. The van der Waals surface area contributed by atoms with E-state index < -0.39 is 0 Å². The molecule has 2 aromatic rings. The van der Waals surface area contributed by atoms with Crippen LogP contribution in [-0.4, -0.2) is 23.1 Å². The zero-order chi connectivity index (χ0) is 12.1. The fourth-order valence-corrected chi connectivity index (χ4v) is 4.54. The van der Waals surface area contributed by atoms with E-state index in [0.717, 1.165) is 18.9 Å². The maximum atomic E-state index is 4.75. The molecule has 18 heavy (non-hydrogen) atoms. The van der Waals surface area contributed by atoms with Crippen LogP contribution in [0.15, 0.2) is 0 Å². The maximum Gasteiger partial charge on any atom is 0.141 e. The summed E-state index contributed by atoms with van der Waals surface area (Å²) in [4.78, 5) is 14.6. The number of thiophene rings is 1. The number of hydrogen-bond donors (Lipinski definition) is 0. The Kier molecular flexibility index (Phi) is 2.34. The van der Waals surface area contributed by atoms with Gasteiger partial charge in [0, 0.05) is 18.0 Å². The highest BCUT2D eigenvalue weighted by Gasteiger charge is 2.25. The first-order chi connectivity index (χ1) is 8.83. The quantitative estimate of drug-likeness (QED) is 0.788. The first-order valence-electron chi connectivity index (χ1n) is 6.87. The summed E-state index contributed by atoms with van der Waals surface area (Å²) in [5, 5.41) is 1.38. The van der Waals surface area contributed by atoms with Gasteiger partial charge in [0.1, 0.15) is 16.5 Å². The van der Waals surface area contributed by atoms with Crippen LogP contribution in [-0.2, 0) is 12.8 Å². The number of aromatic nitrogens is 2. The molecule has 1 fully saturated rings. The van der Waals surface area contributed by atoms with E-state index in [1.165, 1.54) is 48.1 Å². The smallest absolute Gasteiger partial charge is 0.141 e. The lowest BCUT2D eigenvalue weighted by Crippen LogP contribution is -2.20. The predicted molar refractivity (Wildman–Crippen MR) is 75.6 cm³/mol. The lowest BCUT2D eigenvalue weighted by molar-refractivity contribution is 0.908. The Balaban J connectivity index is 1.98. The van der Waals surface area contributed by atoms with Gasteiger partial charge in [0.2, 0.25) is 0 Å². The number of hydrogen-bond acceptors (Lipinski definition) is 4. The Bertz CT molecular complexity index is 611. The van der Waals surface area contributed by atoms with E-state index in [0.29, 0.717) is 0 Å². The monoisotopic (exact) mass is 259 g/mol. The summed E-state index contributed by atoms with van der Waals surface area (Å²) < 4.78 is 0. The summed E-state index contributed by atoms with van der Waals surface area (Å²) in [5.74, 6) is 2.14. The topological polar surface area (TPSA) is 29.0 Å². The zero-order valence-corrected chi connectivity index (χ0v) is 11.5. The zero-order valence-electron chi connectivity index (χ0n) is 10.7. The number of rotatable bonds is 1. The second-order valence-electron chi connectivity index (χ2n) is 5.33. The molecule has 0 bridgehead atoms. The fraction of sp³-hybridized carbons (Fsp3) is 0.571. The van der Waals surface area contributed by atoms with Crippen LogP contribution in [0.25, 0.3) is 10.2 Å². The van der Waals surface area contributed by atoms with Gasteiger partial charge in [0.25, 0.3) is 0 Å². The molecule has 4 rings (SSSR count). The molecule has 0 radical (unpaired) electrons. The van der Waals surface area contributed by atoms with Gasteiger partial charge in [-0.3, -0.25) is 0 Å². The van der Waals surface area contributed by atoms with Gasteiger partial charge in [0.05, 0.1) is 5.39 Å². The number of anilines is 1. The van der Waals surface area contributed by atoms with E-state index in [-0.39, 0.29) is 0 Å². The standard InChI is InChI=1S/C14H17N3S/c1-9-15-13(17-7-2-3-8-17)12-10-5-4-6-11(10)18-14(12)16-9/h2-8H2,1H3. The van der Waals surface area contributed by atoms with Gasteiger partial charge in [0.15, 0.2) is 0 Å². The third kappa shape index (κ3) is 1.48. The van der Waals surface area contributed by atoms with Crippen molar-refractivity contribution in [3.63, 3.8) is 0 Å². The first kappa shape index (κ1) is 10.7. The summed E-state index contributed by atoms with van der Waals surface area (Å²) in [6, 6.07) is 0. The molecule has 2 aliphatic rings. The van der Waals surface area contributed by atoms with Crippen molar-refractivity contribution in [1.29, 1.82) is 0 Å². The Morgan fingerprint density at radius 3 is 2.72 bits per heavy atom. The minimum Gasteiger partial charge on any atom is -0.356 e. The van der Waals surface area contributed by atoms with E-state index in [2.05, 4.69) is 9.88 Å². The molecule has 0 aromatic carbocycles. The highest BCUT2D eigenvalue weighted by molar-refractivity contribution is 7.19. The first-order valence-corrected chi connectivity index (χ1v) is 7.68. The molecule has 0 amide bonds. The van der Waals surface area contributed by atoms with Crippen LogP contribution in [0.1, 0.15) is 35.5 Å². The maximum absolute atomic E-state index is 4.75. The Labute approximate surface area is 111 Å². The summed E-state index contributed by atoms with van der Waals surface area (Å²) in [5.41, 5.74) is 1.55. The van der Waals surface area contributed by atoms with Crippen LogP contribution in [0, 0.1) is 6.92 Å². The van der Waals surface area contributed by atoms with Crippen LogP contribution in [0.3, 0.4) is 0 Å². The molecule has 0 unspecified atom stereocenters. The van der Waals surface area contributed by atoms with Crippen molar-refractivity contribution in [2.75, 3.05) is 18.0 Å². The van der Waals surface area contributed by atoms with Crippen LogP contribution >= 0.6 is 11.3 Å². The van der Waals surface area contributed by atoms with Crippen molar-refractivity contribution in [3.8, 4) is 0 Å². The number of aryl methyl sites for hydroxylation is 3. The van der Waals surface area contributed by atoms with Crippen molar-refractivity contribution in [3.05, 3.63) is 16.3 Å². The Morgan fingerprint density at radius 2 is 1.89 bits per heavy atom. The van der Waals surface area contributed by atoms with Gasteiger partial charge in [-0.2, -0.15) is 0 Å². The molecule has 3 nitrogen and oxygen atoms in total. The minimum atomic E-state index is 0.921. The fourth-order valence-electron chi connectivity index (χ4n) is 3.24. The Hall–Kier alpha value is -1.16. The van der Waals surface area contributed by atoms with E-state index in [1.54, 1.807) is 10.4 Å². The van der Waals surface area contributed by atoms with Gasteiger partial charge < -0.3 is 4.90 Å². The molecule has 1 aliphatic heterocycles. The highest BCUT2D eigenvalue weighted by atomic mass is 32.1. The predicted octanol–water partition coefficient (Wildman–Crippen LogP) is 3.09. The van der Waals surface area contributed by atoms with Gasteiger partial charge in [-0.15, -0.1) is 11.3 Å². The number of nitrogens with zero attached hydrogens (tertiary/aromatic N) is 3. The highest BCUT2D eigenvalue weighted by Crippen LogP contribution is 2.41. The minimum absolute atomic E-state index is 0.921. The third-order valence-corrected chi connectivity index (χ3v) is 5.25. The van der Waals surface area contributed by atoms with Crippen LogP contribution in [0.2, 0.25) is 0 Å². The summed E-state index contributed by atoms with van der Waals surface area (Å²) in [6.45, 7) is 4.34. The van der Waals surface area contributed by atoms with Gasteiger partial charge in [-0.25, -0.2) is 9.97 Å². The molecular formula is C14H17N3S. The molecule has 4 heteroatoms. The van der Waals surface area contributed by atoms with Crippen LogP contribution < -0.4 is 4.90 Å². The molecule has 2 aromatic heterocycles. The average Bonchev–Trinajstić information content (AvgIpc) is 3.03. The van der Waals surface area contributed by atoms with Crippen molar-refractivity contribution in [1.82, 2.24) is 9.97 Å². The van der Waals surface area contributed by atoms with E-state index in [4.69, 9.17) is 4.98 Å². The van der Waals surface area contributed by atoms with Crippen molar-refractivity contribution >= 4 is 27.4 Å². The SMILES string of the molecule is Cc1nc(N2CCCC2)c2c3c(sc2n1)CCC3. The molecule has 94 valence electrons.